The van der Waals surface area contributed by atoms with Gasteiger partial charge in [-0.15, -0.1) is 0 Å². The fourth-order valence-corrected chi connectivity index (χ4v) is 2.79. The second-order valence-corrected chi connectivity index (χ2v) is 6.81. The summed E-state index contributed by atoms with van der Waals surface area (Å²) < 4.78 is 38.3. The summed E-state index contributed by atoms with van der Waals surface area (Å²) in [5, 5.41) is 18.3. The average molecular weight is 407 g/mol. The largest absolute Gasteiger partial charge is 0.458 e. The van der Waals surface area contributed by atoms with Crippen LogP contribution in [0, 0.1) is 6.92 Å². The Bertz CT molecular complexity index is 913. The standard InChI is InChI=1S/C20H20F3N3O3/c1-13-3-2-4-15(9-13)12-25-18(27)24-11-14-5-7-16(8-6-14)17-10-19(28,29-26-17)20(21,22)23/h2-9,28H,10-12H2,1H3,(H2,24,25,27). The molecule has 2 aromatic carbocycles. The van der Waals surface area contributed by atoms with Crippen LogP contribution in [0.3, 0.4) is 0 Å². The lowest BCUT2D eigenvalue weighted by molar-refractivity contribution is -0.355. The van der Waals surface area contributed by atoms with Gasteiger partial charge < -0.3 is 20.6 Å². The van der Waals surface area contributed by atoms with Crippen LogP contribution in [0.15, 0.2) is 53.7 Å². The van der Waals surface area contributed by atoms with Crippen molar-refractivity contribution in [3.05, 3.63) is 70.8 Å². The lowest BCUT2D eigenvalue weighted by Gasteiger charge is -2.22. The molecule has 1 aliphatic heterocycles. The predicted molar refractivity (Wildman–Crippen MR) is 99.9 cm³/mol. The molecule has 3 rings (SSSR count). The highest BCUT2D eigenvalue weighted by molar-refractivity contribution is 6.01. The van der Waals surface area contributed by atoms with Gasteiger partial charge in [-0.25, -0.2) is 4.79 Å². The monoisotopic (exact) mass is 407 g/mol. The van der Waals surface area contributed by atoms with E-state index in [1.807, 2.05) is 31.2 Å². The number of amides is 2. The maximum Gasteiger partial charge on any atom is 0.458 e. The molecule has 0 aliphatic carbocycles. The molecule has 2 amide bonds. The Labute approximate surface area is 165 Å². The zero-order chi connectivity index (χ0) is 21.1. The molecule has 0 bridgehead atoms. The highest BCUT2D eigenvalue weighted by Crippen LogP contribution is 2.38. The molecule has 3 N–H and O–H groups in total. The van der Waals surface area contributed by atoms with Gasteiger partial charge in [0, 0.05) is 13.1 Å². The van der Waals surface area contributed by atoms with Crippen LogP contribution in [0.2, 0.25) is 0 Å². The van der Waals surface area contributed by atoms with Gasteiger partial charge in [-0.1, -0.05) is 59.3 Å². The number of nitrogens with one attached hydrogen (secondary N) is 2. The summed E-state index contributed by atoms with van der Waals surface area (Å²) in [6.07, 6.45) is -5.72. The number of halogens is 3. The molecule has 1 unspecified atom stereocenters. The van der Waals surface area contributed by atoms with Crippen molar-refractivity contribution in [1.82, 2.24) is 10.6 Å². The van der Waals surface area contributed by atoms with Crippen LogP contribution >= 0.6 is 0 Å². The number of nitrogens with zero attached hydrogens (tertiary/aromatic N) is 1. The van der Waals surface area contributed by atoms with Crippen LogP contribution in [-0.2, 0) is 17.9 Å². The number of urea groups is 1. The van der Waals surface area contributed by atoms with E-state index in [4.69, 9.17) is 0 Å². The summed E-state index contributed by atoms with van der Waals surface area (Å²) >= 11 is 0. The lowest BCUT2D eigenvalue weighted by Crippen LogP contribution is -2.45. The summed E-state index contributed by atoms with van der Waals surface area (Å²) in [5.74, 6) is -3.29. The first-order chi connectivity index (χ1) is 13.7. The first kappa shape index (κ1) is 20.7. The van der Waals surface area contributed by atoms with Gasteiger partial charge in [0.15, 0.2) is 0 Å². The molecule has 0 saturated heterocycles. The van der Waals surface area contributed by atoms with Crippen molar-refractivity contribution in [3.8, 4) is 0 Å². The van der Waals surface area contributed by atoms with E-state index in [9.17, 15) is 23.1 Å². The molecular weight excluding hydrogens is 387 g/mol. The minimum Gasteiger partial charge on any atom is -0.350 e. The molecule has 9 heteroatoms. The van der Waals surface area contributed by atoms with E-state index in [0.717, 1.165) is 16.7 Å². The molecule has 29 heavy (non-hydrogen) atoms. The van der Waals surface area contributed by atoms with Crippen molar-refractivity contribution in [1.29, 1.82) is 0 Å². The van der Waals surface area contributed by atoms with Gasteiger partial charge >= 0.3 is 18.0 Å². The summed E-state index contributed by atoms with van der Waals surface area (Å²) in [4.78, 5) is 16.1. The van der Waals surface area contributed by atoms with Gasteiger partial charge in [0.05, 0.1) is 12.1 Å². The topological polar surface area (TPSA) is 83.0 Å². The molecule has 0 saturated carbocycles. The van der Waals surface area contributed by atoms with Crippen molar-refractivity contribution >= 4 is 11.7 Å². The van der Waals surface area contributed by atoms with Gasteiger partial charge in [0.2, 0.25) is 0 Å². The predicted octanol–water partition coefficient (Wildman–Crippen LogP) is 3.37. The van der Waals surface area contributed by atoms with Crippen LogP contribution < -0.4 is 10.6 Å². The first-order valence-electron chi connectivity index (χ1n) is 8.87. The van der Waals surface area contributed by atoms with E-state index in [1.165, 1.54) is 0 Å². The molecule has 1 aliphatic rings. The van der Waals surface area contributed by atoms with Crippen molar-refractivity contribution in [3.63, 3.8) is 0 Å². The zero-order valence-electron chi connectivity index (χ0n) is 15.6. The van der Waals surface area contributed by atoms with Crippen LogP contribution in [-0.4, -0.2) is 28.8 Å². The number of alkyl halides is 3. The van der Waals surface area contributed by atoms with E-state index in [0.29, 0.717) is 12.1 Å². The first-order valence-corrected chi connectivity index (χ1v) is 8.87. The number of benzene rings is 2. The van der Waals surface area contributed by atoms with Gasteiger partial charge in [-0.05, 0) is 23.6 Å². The minimum absolute atomic E-state index is 0.000215. The maximum atomic E-state index is 12.8. The van der Waals surface area contributed by atoms with Crippen molar-refractivity contribution in [2.45, 2.75) is 38.4 Å². The molecular formula is C20H20F3N3O3. The fourth-order valence-electron chi connectivity index (χ4n) is 2.79. The summed E-state index contributed by atoms with van der Waals surface area (Å²) in [6, 6.07) is 13.9. The second-order valence-electron chi connectivity index (χ2n) is 6.81. The Morgan fingerprint density at radius 3 is 2.38 bits per heavy atom. The second kappa shape index (κ2) is 8.12. The minimum atomic E-state index is -4.94. The quantitative estimate of drug-likeness (QED) is 0.711. The Balaban J connectivity index is 1.49. The molecule has 1 heterocycles. The SMILES string of the molecule is Cc1cccc(CNC(=O)NCc2ccc(C3=NOC(O)(C(F)(F)F)C3)cc2)c1. The summed E-state index contributed by atoms with van der Waals surface area (Å²) in [5.41, 5.74) is 3.25. The highest BCUT2D eigenvalue weighted by atomic mass is 19.4. The molecule has 0 spiro atoms. The third-order valence-corrected chi connectivity index (χ3v) is 4.43. The van der Waals surface area contributed by atoms with Crippen molar-refractivity contribution in [2.75, 3.05) is 0 Å². The lowest BCUT2D eigenvalue weighted by atomic mass is 10.0. The highest BCUT2D eigenvalue weighted by Gasteiger charge is 2.60. The number of rotatable bonds is 5. The number of aryl methyl sites for hydroxylation is 1. The Kier molecular flexibility index (Phi) is 5.78. The van der Waals surface area contributed by atoms with Gasteiger partial charge in [-0.3, -0.25) is 0 Å². The molecule has 0 fully saturated rings. The Hall–Kier alpha value is -3.07. The van der Waals surface area contributed by atoms with Crippen molar-refractivity contribution in [2.24, 2.45) is 5.16 Å². The zero-order valence-corrected chi connectivity index (χ0v) is 15.6. The molecule has 154 valence electrons. The molecule has 0 aromatic heterocycles. The smallest absolute Gasteiger partial charge is 0.350 e. The van der Waals surface area contributed by atoms with Crippen molar-refractivity contribution < 1.29 is 27.9 Å². The number of aliphatic hydroxyl groups is 1. The number of hydrogen-bond acceptors (Lipinski definition) is 4. The van der Waals surface area contributed by atoms with Crippen LogP contribution in [0.25, 0.3) is 0 Å². The number of hydrogen-bond donors (Lipinski definition) is 3. The van der Waals surface area contributed by atoms with Crippen LogP contribution in [0.5, 0.6) is 0 Å². The normalized spacial score (nSPS) is 18.7. The average Bonchev–Trinajstić information content (AvgIpc) is 3.09. The summed E-state index contributed by atoms with van der Waals surface area (Å²) in [6.45, 7) is 2.62. The Morgan fingerprint density at radius 1 is 1.14 bits per heavy atom. The third kappa shape index (κ3) is 5.05. The van der Waals surface area contributed by atoms with Gasteiger partial charge in [-0.2, -0.15) is 13.2 Å². The molecule has 1 atom stereocenters. The van der Waals surface area contributed by atoms with E-state index >= 15 is 0 Å². The van der Waals surface area contributed by atoms with Crippen LogP contribution in [0.1, 0.15) is 28.7 Å². The van der Waals surface area contributed by atoms with E-state index in [2.05, 4.69) is 20.6 Å². The van der Waals surface area contributed by atoms with Gasteiger partial charge in [0.25, 0.3) is 0 Å². The van der Waals surface area contributed by atoms with E-state index < -0.39 is 18.4 Å². The number of oxime groups is 1. The van der Waals surface area contributed by atoms with E-state index in [1.54, 1.807) is 24.3 Å². The number of carbonyl (C=O) groups is 1. The van der Waals surface area contributed by atoms with Crippen LogP contribution in [0.4, 0.5) is 18.0 Å². The number of carbonyl (C=O) groups excluding carboxylic acids is 1. The summed E-state index contributed by atoms with van der Waals surface area (Å²) in [7, 11) is 0. The van der Waals surface area contributed by atoms with E-state index in [-0.39, 0.29) is 18.3 Å². The molecule has 6 nitrogen and oxygen atoms in total. The molecule has 0 radical (unpaired) electrons. The fraction of sp³-hybridized carbons (Fsp3) is 0.300. The van der Waals surface area contributed by atoms with Gasteiger partial charge in [0.1, 0.15) is 0 Å². The molecule has 2 aromatic rings. The third-order valence-electron chi connectivity index (χ3n) is 4.43. The maximum absolute atomic E-state index is 12.8. The Morgan fingerprint density at radius 2 is 1.79 bits per heavy atom.